The lowest BCUT2D eigenvalue weighted by Crippen LogP contribution is -2.37. The monoisotopic (exact) mass is 470 g/mol. The van der Waals surface area contributed by atoms with Gasteiger partial charge in [0.25, 0.3) is 0 Å². The molecule has 5 rings (SSSR count). The zero-order valence-corrected chi connectivity index (χ0v) is 20.2. The smallest absolute Gasteiger partial charge is 0.126 e. The summed E-state index contributed by atoms with van der Waals surface area (Å²) in [5.74, 6) is -0.209. The molecule has 1 N–H and O–H groups in total. The molecule has 0 saturated carbocycles. The van der Waals surface area contributed by atoms with E-state index in [9.17, 15) is 4.39 Å². The van der Waals surface area contributed by atoms with Gasteiger partial charge in [0, 0.05) is 61.3 Å². The van der Waals surface area contributed by atoms with E-state index in [4.69, 9.17) is 9.73 Å². The van der Waals surface area contributed by atoms with Crippen molar-refractivity contribution >= 4 is 11.4 Å². The third-order valence-corrected chi connectivity index (χ3v) is 6.66. The fraction of sp³-hybridized carbons (Fsp3) is 0.310. The van der Waals surface area contributed by atoms with Crippen LogP contribution in [0.1, 0.15) is 17.5 Å². The van der Waals surface area contributed by atoms with Crippen molar-refractivity contribution in [3.63, 3.8) is 0 Å². The predicted molar refractivity (Wildman–Crippen MR) is 141 cm³/mol. The van der Waals surface area contributed by atoms with Gasteiger partial charge < -0.3 is 10.1 Å². The van der Waals surface area contributed by atoms with Gasteiger partial charge in [-0.2, -0.15) is 0 Å². The number of hydrogen-bond acceptors (Lipinski definition) is 5. The number of halogens is 1. The molecule has 35 heavy (non-hydrogen) atoms. The average Bonchev–Trinajstić information content (AvgIpc) is 2.89. The van der Waals surface area contributed by atoms with E-state index in [1.165, 1.54) is 6.07 Å². The van der Waals surface area contributed by atoms with Crippen molar-refractivity contribution in [3.8, 4) is 22.4 Å². The number of benzene rings is 2. The maximum atomic E-state index is 13.9. The second-order valence-electron chi connectivity index (χ2n) is 9.12. The zero-order valence-electron chi connectivity index (χ0n) is 20.2. The molecular weight excluding hydrogens is 439 g/mol. The first-order valence-corrected chi connectivity index (χ1v) is 12.2. The lowest BCUT2D eigenvalue weighted by atomic mass is 9.92. The molecule has 0 amide bonds. The summed E-state index contributed by atoms with van der Waals surface area (Å²) in [4.78, 5) is 12.1. The summed E-state index contributed by atoms with van der Waals surface area (Å²) in [5.41, 5.74) is 8.50. The van der Waals surface area contributed by atoms with Crippen LogP contribution in [0.25, 0.3) is 22.4 Å². The summed E-state index contributed by atoms with van der Waals surface area (Å²) in [6, 6.07) is 15.5. The number of morpholine rings is 1. The average molecular weight is 471 g/mol. The summed E-state index contributed by atoms with van der Waals surface area (Å²) >= 11 is 0. The van der Waals surface area contributed by atoms with Crippen LogP contribution in [0.15, 0.2) is 71.9 Å². The van der Waals surface area contributed by atoms with Crippen LogP contribution in [0.4, 0.5) is 10.1 Å². The molecule has 5 nitrogen and oxygen atoms in total. The van der Waals surface area contributed by atoms with Crippen LogP contribution in [0.5, 0.6) is 0 Å². The van der Waals surface area contributed by atoms with Crippen molar-refractivity contribution in [1.82, 2.24) is 9.88 Å². The van der Waals surface area contributed by atoms with E-state index in [-0.39, 0.29) is 5.82 Å². The molecular formula is C29H31FN4O. The highest BCUT2D eigenvalue weighted by atomic mass is 19.1. The molecule has 0 spiro atoms. The van der Waals surface area contributed by atoms with Gasteiger partial charge in [0.05, 0.1) is 24.6 Å². The Morgan fingerprint density at radius 1 is 1.09 bits per heavy atom. The van der Waals surface area contributed by atoms with Gasteiger partial charge in [-0.3, -0.25) is 14.9 Å². The Morgan fingerprint density at radius 3 is 2.74 bits per heavy atom. The van der Waals surface area contributed by atoms with Gasteiger partial charge in [-0.05, 0) is 66.4 Å². The minimum Gasteiger partial charge on any atom is -0.380 e. The minimum absolute atomic E-state index is 0.209. The fourth-order valence-corrected chi connectivity index (χ4v) is 4.71. The number of ether oxygens (including phenoxy) is 1. The Kier molecular flexibility index (Phi) is 7.02. The van der Waals surface area contributed by atoms with Crippen molar-refractivity contribution in [2.75, 3.05) is 51.3 Å². The first kappa shape index (κ1) is 23.4. The Morgan fingerprint density at radius 2 is 1.91 bits per heavy atom. The van der Waals surface area contributed by atoms with E-state index in [1.54, 1.807) is 19.2 Å². The van der Waals surface area contributed by atoms with E-state index in [0.29, 0.717) is 12.1 Å². The number of rotatable bonds is 6. The van der Waals surface area contributed by atoms with Crippen LogP contribution in [0, 0.1) is 12.7 Å². The normalized spacial score (nSPS) is 17.3. The Hall–Kier alpha value is -3.35. The first-order valence-electron chi connectivity index (χ1n) is 12.2. The lowest BCUT2D eigenvalue weighted by molar-refractivity contribution is 0.0377. The molecule has 2 aliphatic heterocycles. The summed E-state index contributed by atoms with van der Waals surface area (Å²) in [6.45, 7) is 12.2. The van der Waals surface area contributed by atoms with Crippen molar-refractivity contribution in [3.05, 3.63) is 83.8 Å². The van der Waals surface area contributed by atoms with Crippen LogP contribution in [-0.2, 0) is 4.74 Å². The van der Waals surface area contributed by atoms with Gasteiger partial charge in [-0.1, -0.05) is 18.7 Å². The third-order valence-electron chi connectivity index (χ3n) is 6.66. The molecule has 0 aliphatic carbocycles. The SMILES string of the molecule is C=C1CNc2ccc(-c3cccnc3-c3ccc(F)c(C)c3)cc2C1=NCCCN1CCOCC1. The van der Waals surface area contributed by atoms with Gasteiger partial charge in [0.2, 0.25) is 0 Å². The first-order chi connectivity index (χ1) is 17.1. The van der Waals surface area contributed by atoms with Crippen LogP contribution in [0.3, 0.4) is 0 Å². The molecule has 0 unspecified atom stereocenters. The van der Waals surface area contributed by atoms with Crippen LogP contribution < -0.4 is 5.32 Å². The van der Waals surface area contributed by atoms with Crippen molar-refractivity contribution in [2.24, 2.45) is 4.99 Å². The van der Waals surface area contributed by atoms with E-state index in [1.807, 2.05) is 12.1 Å². The number of pyridine rings is 1. The standard InChI is InChI=1S/C29H31FN4O/c1-20-17-23(6-8-26(20)30)29-24(5-3-10-32-29)22-7-9-27-25(18-22)28(21(2)19-33-27)31-11-4-12-34-13-15-35-16-14-34/h3,5-10,17-18,33H,2,4,11-16,19H2,1H3. The molecule has 6 heteroatoms. The van der Waals surface area contributed by atoms with E-state index in [0.717, 1.165) is 90.7 Å². The number of fused-ring (bicyclic) bond motifs is 1. The number of anilines is 1. The number of nitrogens with one attached hydrogen (secondary N) is 1. The lowest BCUT2D eigenvalue weighted by Gasteiger charge is -2.26. The molecule has 0 atom stereocenters. The molecule has 0 bridgehead atoms. The van der Waals surface area contributed by atoms with Gasteiger partial charge >= 0.3 is 0 Å². The number of aliphatic imine (C=N–C) groups is 1. The summed E-state index contributed by atoms with van der Waals surface area (Å²) < 4.78 is 19.3. The largest absolute Gasteiger partial charge is 0.380 e. The van der Waals surface area contributed by atoms with E-state index in [2.05, 4.69) is 46.0 Å². The van der Waals surface area contributed by atoms with Crippen LogP contribution >= 0.6 is 0 Å². The van der Waals surface area contributed by atoms with Crippen LogP contribution in [0.2, 0.25) is 0 Å². The zero-order chi connectivity index (χ0) is 24.2. The summed E-state index contributed by atoms with van der Waals surface area (Å²) in [7, 11) is 0. The number of nitrogens with zero attached hydrogens (tertiary/aromatic N) is 3. The molecule has 3 heterocycles. The summed E-state index contributed by atoms with van der Waals surface area (Å²) in [5, 5.41) is 3.46. The van der Waals surface area contributed by atoms with Gasteiger partial charge in [0.1, 0.15) is 5.82 Å². The molecule has 3 aromatic rings. The number of aromatic nitrogens is 1. The van der Waals surface area contributed by atoms with Crippen molar-refractivity contribution in [1.29, 1.82) is 0 Å². The molecule has 1 fully saturated rings. The second-order valence-corrected chi connectivity index (χ2v) is 9.12. The highest BCUT2D eigenvalue weighted by Crippen LogP contribution is 2.35. The second kappa shape index (κ2) is 10.5. The molecule has 2 aromatic carbocycles. The maximum Gasteiger partial charge on any atom is 0.126 e. The molecule has 2 aliphatic rings. The highest BCUT2D eigenvalue weighted by Gasteiger charge is 2.20. The van der Waals surface area contributed by atoms with Gasteiger partial charge in [-0.25, -0.2) is 4.39 Å². The molecule has 1 saturated heterocycles. The Balaban J connectivity index is 1.43. The molecule has 180 valence electrons. The number of hydrogen-bond donors (Lipinski definition) is 1. The molecule has 0 radical (unpaired) electrons. The van der Waals surface area contributed by atoms with Crippen LogP contribution in [-0.4, -0.2) is 61.5 Å². The predicted octanol–water partition coefficient (Wildman–Crippen LogP) is 5.36. The Labute approximate surface area is 206 Å². The quantitative estimate of drug-likeness (QED) is 0.493. The topological polar surface area (TPSA) is 49.8 Å². The van der Waals surface area contributed by atoms with Crippen molar-refractivity contribution in [2.45, 2.75) is 13.3 Å². The Bertz CT molecular complexity index is 1260. The number of aryl methyl sites for hydroxylation is 1. The summed E-state index contributed by atoms with van der Waals surface area (Å²) in [6.07, 6.45) is 2.79. The van der Waals surface area contributed by atoms with Crippen molar-refractivity contribution < 1.29 is 9.13 Å². The van der Waals surface area contributed by atoms with Gasteiger partial charge in [-0.15, -0.1) is 0 Å². The van der Waals surface area contributed by atoms with E-state index < -0.39 is 0 Å². The minimum atomic E-state index is -0.209. The molecule has 1 aromatic heterocycles. The fourth-order valence-electron chi connectivity index (χ4n) is 4.71. The highest BCUT2D eigenvalue weighted by molar-refractivity contribution is 6.18. The third kappa shape index (κ3) is 5.19. The van der Waals surface area contributed by atoms with E-state index >= 15 is 0 Å². The van der Waals surface area contributed by atoms with Gasteiger partial charge in [0.15, 0.2) is 0 Å². The maximum absolute atomic E-state index is 13.9.